The summed E-state index contributed by atoms with van der Waals surface area (Å²) in [6.45, 7) is 6.55. The van der Waals surface area contributed by atoms with Gasteiger partial charge < -0.3 is 10.2 Å². The Labute approximate surface area is 168 Å². The van der Waals surface area contributed by atoms with Crippen molar-refractivity contribution in [2.45, 2.75) is 33.2 Å². The monoisotopic (exact) mass is 396 g/mol. The molecule has 146 valence electrons. The summed E-state index contributed by atoms with van der Waals surface area (Å²) in [5.74, 6) is 0.898. The Morgan fingerprint density at radius 2 is 2.29 bits per heavy atom. The Morgan fingerprint density at radius 3 is 3.04 bits per heavy atom. The van der Waals surface area contributed by atoms with E-state index in [2.05, 4.69) is 32.2 Å². The normalized spacial score (nSPS) is 16.9. The molecule has 0 spiro atoms. The van der Waals surface area contributed by atoms with Crippen molar-refractivity contribution in [3.8, 4) is 11.3 Å². The summed E-state index contributed by atoms with van der Waals surface area (Å²) >= 11 is 1.45. The SMILES string of the molecule is CCn1ncc(-c2csc(NC(=O)[C@@H]3CCCN(c4ccccn4)C3)n2)c1C. The number of hydrogen-bond acceptors (Lipinski definition) is 6. The van der Waals surface area contributed by atoms with Gasteiger partial charge in [-0.25, -0.2) is 9.97 Å². The fourth-order valence-electron chi connectivity index (χ4n) is 3.62. The van der Waals surface area contributed by atoms with E-state index in [1.165, 1.54) is 11.3 Å². The van der Waals surface area contributed by atoms with Crippen molar-refractivity contribution in [1.29, 1.82) is 0 Å². The van der Waals surface area contributed by atoms with Gasteiger partial charge in [0.1, 0.15) is 5.82 Å². The first-order valence-corrected chi connectivity index (χ1v) is 10.5. The van der Waals surface area contributed by atoms with Crippen molar-refractivity contribution in [2.24, 2.45) is 5.92 Å². The molecule has 1 amide bonds. The summed E-state index contributed by atoms with van der Waals surface area (Å²) in [5, 5.41) is 9.99. The molecule has 28 heavy (non-hydrogen) atoms. The maximum atomic E-state index is 12.8. The lowest BCUT2D eigenvalue weighted by Gasteiger charge is -2.32. The number of nitrogens with one attached hydrogen (secondary N) is 1. The zero-order valence-electron chi connectivity index (χ0n) is 16.1. The molecule has 0 bridgehead atoms. The fraction of sp³-hybridized carbons (Fsp3) is 0.400. The minimum Gasteiger partial charge on any atom is -0.356 e. The van der Waals surface area contributed by atoms with Crippen molar-refractivity contribution in [2.75, 3.05) is 23.3 Å². The molecule has 0 radical (unpaired) electrons. The van der Waals surface area contributed by atoms with Crippen LogP contribution in [0.1, 0.15) is 25.5 Å². The van der Waals surface area contributed by atoms with E-state index in [0.717, 1.165) is 48.7 Å². The molecule has 1 atom stereocenters. The lowest BCUT2D eigenvalue weighted by molar-refractivity contribution is -0.120. The van der Waals surface area contributed by atoms with Crippen LogP contribution in [0, 0.1) is 12.8 Å². The quantitative estimate of drug-likeness (QED) is 0.713. The van der Waals surface area contributed by atoms with Gasteiger partial charge in [0.2, 0.25) is 5.91 Å². The van der Waals surface area contributed by atoms with E-state index < -0.39 is 0 Å². The van der Waals surface area contributed by atoms with Crippen molar-refractivity contribution >= 4 is 28.2 Å². The van der Waals surface area contributed by atoms with E-state index in [4.69, 9.17) is 0 Å². The predicted molar refractivity (Wildman–Crippen MR) is 112 cm³/mol. The smallest absolute Gasteiger partial charge is 0.231 e. The molecular weight excluding hydrogens is 372 g/mol. The molecule has 3 aromatic rings. The third kappa shape index (κ3) is 3.77. The molecule has 4 rings (SSSR count). The number of rotatable bonds is 5. The highest BCUT2D eigenvalue weighted by molar-refractivity contribution is 7.14. The summed E-state index contributed by atoms with van der Waals surface area (Å²) in [6, 6.07) is 5.88. The van der Waals surface area contributed by atoms with Crippen LogP contribution in [-0.4, -0.2) is 38.7 Å². The van der Waals surface area contributed by atoms with Crippen LogP contribution in [-0.2, 0) is 11.3 Å². The van der Waals surface area contributed by atoms with Gasteiger partial charge in [-0.1, -0.05) is 6.07 Å². The molecule has 8 heteroatoms. The highest BCUT2D eigenvalue weighted by Crippen LogP contribution is 2.28. The van der Waals surface area contributed by atoms with Gasteiger partial charge in [-0.2, -0.15) is 5.10 Å². The van der Waals surface area contributed by atoms with Gasteiger partial charge in [0.05, 0.1) is 17.8 Å². The van der Waals surface area contributed by atoms with Crippen molar-refractivity contribution < 1.29 is 4.79 Å². The Morgan fingerprint density at radius 1 is 1.39 bits per heavy atom. The number of amides is 1. The van der Waals surface area contributed by atoms with Crippen LogP contribution < -0.4 is 10.2 Å². The number of carbonyl (C=O) groups is 1. The predicted octanol–water partition coefficient (Wildman–Crippen LogP) is 3.59. The standard InChI is InChI=1S/C20H24N6OS/c1-3-26-14(2)16(11-22-26)17-13-28-20(23-17)24-19(27)15-7-6-10-25(12-15)18-8-4-5-9-21-18/h4-5,8-9,11,13,15H,3,6-7,10,12H2,1-2H3,(H,23,24,27)/t15-/m1/s1. The zero-order valence-corrected chi connectivity index (χ0v) is 16.9. The number of thiazole rings is 1. The number of carbonyl (C=O) groups excluding carboxylic acids is 1. The number of aromatic nitrogens is 4. The third-order valence-electron chi connectivity index (χ3n) is 5.18. The van der Waals surface area contributed by atoms with Gasteiger partial charge in [0.25, 0.3) is 0 Å². The molecule has 0 saturated carbocycles. The molecule has 1 fully saturated rings. The fourth-order valence-corrected chi connectivity index (χ4v) is 4.33. The Balaban J connectivity index is 1.42. The number of anilines is 2. The maximum Gasteiger partial charge on any atom is 0.231 e. The maximum absolute atomic E-state index is 12.8. The second kappa shape index (κ2) is 8.10. The van der Waals surface area contributed by atoms with E-state index >= 15 is 0 Å². The van der Waals surface area contributed by atoms with E-state index in [1.807, 2.05) is 41.4 Å². The van der Waals surface area contributed by atoms with Crippen LogP contribution in [0.4, 0.5) is 10.9 Å². The molecule has 1 saturated heterocycles. The summed E-state index contributed by atoms with van der Waals surface area (Å²) < 4.78 is 1.95. The average Bonchev–Trinajstić information content (AvgIpc) is 3.34. The van der Waals surface area contributed by atoms with Crippen LogP contribution in [0.5, 0.6) is 0 Å². The first-order valence-electron chi connectivity index (χ1n) is 9.61. The van der Waals surface area contributed by atoms with Crippen molar-refractivity contribution in [3.05, 3.63) is 41.7 Å². The Kier molecular flexibility index (Phi) is 5.38. The highest BCUT2D eigenvalue weighted by atomic mass is 32.1. The third-order valence-corrected chi connectivity index (χ3v) is 5.94. The minimum absolute atomic E-state index is 0.0301. The summed E-state index contributed by atoms with van der Waals surface area (Å²) in [6.07, 6.45) is 5.49. The van der Waals surface area contributed by atoms with Gasteiger partial charge in [-0.05, 0) is 38.8 Å². The summed E-state index contributed by atoms with van der Waals surface area (Å²) in [4.78, 5) is 24.0. The lowest BCUT2D eigenvalue weighted by atomic mass is 9.97. The minimum atomic E-state index is -0.0623. The van der Waals surface area contributed by atoms with Crippen LogP contribution in [0.3, 0.4) is 0 Å². The van der Waals surface area contributed by atoms with Gasteiger partial charge in [0.15, 0.2) is 5.13 Å². The van der Waals surface area contributed by atoms with Gasteiger partial charge in [0, 0.05) is 42.5 Å². The van der Waals surface area contributed by atoms with E-state index in [9.17, 15) is 4.79 Å². The summed E-state index contributed by atoms with van der Waals surface area (Å²) in [7, 11) is 0. The first kappa shape index (κ1) is 18.6. The molecular formula is C20H24N6OS. The molecule has 0 unspecified atom stereocenters. The molecule has 1 N–H and O–H groups in total. The molecule has 4 heterocycles. The molecule has 3 aromatic heterocycles. The van der Waals surface area contributed by atoms with Gasteiger partial charge >= 0.3 is 0 Å². The number of aryl methyl sites for hydroxylation is 1. The molecule has 1 aliphatic rings. The Bertz CT molecular complexity index is 951. The molecule has 0 aliphatic carbocycles. The van der Waals surface area contributed by atoms with E-state index in [-0.39, 0.29) is 11.8 Å². The first-order chi connectivity index (χ1) is 13.7. The lowest BCUT2D eigenvalue weighted by Crippen LogP contribution is -2.41. The number of hydrogen-bond donors (Lipinski definition) is 1. The topological polar surface area (TPSA) is 75.9 Å². The average molecular weight is 397 g/mol. The zero-order chi connectivity index (χ0) is 19.5. The Hall–Kier alpha value is -2.74. The highest BCUT2D eigenvalue weighted by Gasteiger charge is 2.27. The largest absolute Gasteiger partial charge is 0.356 e. The van der Waals surface area contributed by atoms with Gasteiger partial charge in [-0.15, -0.1) is 11.3 Å². The van der Waals surface area contributed by atoms with Crippen LogP contribution in [0.2, 0.25) is 0 Å². The number of piperidine rings is 1. The summed E-state index contributed by atoms with van der Waals surface area (Å²) in [5.41, 5.74) is 2.96. The molecule has 7 nitrogen and oxygen atoms in total. The van der Waals surface area contributed by atoms with Crippen LogP contribution >= 0.6 is 11.3 Å². The second-order valence-corrected chi connectivity index (χ2v) is 7.82. The van der Waals surface area contributed by atoms with E-state index in [0.29, 0.717) is 11.7 Å². The van der Waals surface area contributed by atoms with Crippen molar-refractivity contribution in [1.82, 2.24) is 19.7 Å². The van der Waals surface area contributed by atoms with E-state index in [1.54, 1.807) is 6.20 Å². The van der Waals surface area contributed by atoms with Crippen molar-refractivity contribution in [3.63, 3.8) is 0 Å². The van der Waals surface area contributed by atoms with Crippen LogP contribution in [0.15, 0.2) is 36.0 Å². The van der Waals surface area contributed by atoms with Gasteiger partial charge in [-0.3, -0.25) is 9.48 Å². The second-order valence-electron chi connectivity index (χ2n) is 6.96. The number of pyridine rings is 1. The number of nitrogens with zero attached hydrogens (tertiary/aromatic N) is 5. The molecule has 0 aromatic carbocycles. The van der Waals surface area contributed by atoms with Crippen LogP contribution in [0.25, 0.3) is 11.3 Å². The molecule has 1 aliphatic heterocycles.